The van der Waals surface area contributed by atoms with Crippen LogP contribution in [0.4, 0.5) is 0 Å². The monoisotopic (exact) mass is 266 g/mol. The average molecular weight is 266 g/mol. The van der Waals surface area contributed by atoms with E-state index in [1.54, 1.807) is 18.4 Å². The highest BCUT2D eigenvalue weighted by Crippen LogP contribution is 2.57. The Hall–Kier alpha value is -1.83. The van der Waals surface area contributed by atoms with Gasteiger partial charge in [0.2, 0.25) is 5.78 Å². The fourth-order valence-electron chi connectivity index (χ4n) is 4.41. The number of fused-ring (bicyclic) bond motifs is 2. The molecule has 2 bridgehead atoms. The Morgan fingerprint density at radius 1 is 1.00 bits per heavy atom. The molecule has 2 saturated carbocycles. The van der Waals surface area contributed by atoms with E-state index in [0.717, 1.165) is 0 Å². The topological polar surface area (TPSA) is 30.2 Å². The third kappa shape index (κ3) is 1.75. The van der Waals surface area contributed by atoms with Gasteiger partial charge in [0, 0.05) is 5.92 Å². The van der Waals surface area contributed by atoms with Crippen LogP contribution in [0.5, 0.6) is 0 Å². The Labute approximate surface area is 118 Å². The molecule has 2 fully saturated rings. The van der Waals surface area contributed by atoms with Crippen molar-refractivity contribution < 1.29 is 9.21 Å². The second-order valence-corrected chi connectivity index (χ2v) is 6.14. The molecule has 1 aromatic heterocycles. The van der Waals surface area contributed by atoms with Crippen LogP contribution in [0.2, 0.25) is 0 Å². The molecule has 4 rings (SSSR count). The van der Waals surface area contributed by atoms with Crippen LogP contribution < -0.4 is 0 Å². The van der Waals surface area contributed by atoms with Gasteiger partial charge in [0.15, 0.2) is 5.76 Å². The molecular weight excluding hydrogens is 248 g/mol. The summed E-state index contributed by atoms with van der Waals surface area (Å²) in [6, 6.07) is 14.2. The summed E-state index contributed by atoms with van der Waals surface area (Å²) in [5.74, 6) is 2.45. The van der Waals surface area contributed by atoms with Crippen LogP contribution >= 0.6 is 0 Å². The van der Waals surface area contributed by atoms with Crippen LogP contribution in [0.3, 0.4) is 0 Å². The molecule has 2 heteroatoms. The summed E-state index contributed by atoms with van der Waals surface area (Å²) in [4.78, 5) is 12.8. The van der Waals surface area contributed by atoms with Crippen LogP contribution in [-0.4, -0.2) is 5.78 Å². The SMILES string of the molecule is O=C(c1ccco1)[C@@H]1[C@H]2CC[C@H](C2)[C@@H]1c1ccccc1. The van der Waals surface area contributed by atoms with Gasteiger partial charge in [0.1, 0.15) is 0 Å². The summed E-state index contributed by atoms with van der Waals surface area (Å²) >= 11 is 0. The van der Waals surface area contributed by atoms with Gasteiger partial charge < -0.3 is 4.42 Å². The minimum Gasteiger partial charge on any atom is -0.461 e. The minimum atomic E-state index is 0.113. The molecule has 0 spiro atoms. The normalized spacial score (nSPS) is 31.6. The third-order valence-electron chi connectivity index (χ3n) is 5.17. The maximum Gasteiger partial charge on any atom is 0.201 e. The zero-order valence-electron chi connectivity index (χ0n) is 11.4. The van der Waals surface area contributed by atoms with Crippen molar-refractivity contribution >= 4 is 5.78 Å². The molecule has 0 N–H and O–H groups in total. The predicted molar refractivity (Wildman–Crippen MR) is 76.5 cm³/mol. The molecule has 4 atom stereocenters. The first kappa shape index (κ1) is 12.0. The lowest BCUT2D eigenvalue weighted by atomic mass is 9.73. The smallest absolute Gasteiger partial charge is 0.201 e. The molecule has 0 amide bonds. The van der Waals surface area contributed by atoms with Gasteiger partial charge >= 0.3 is 0 Å². The van der Waals surface area contributed by atoms with Gasteiger partial charge in [-0.05, 0) is 54.7 Å². The Bertz CT molecular complexity index is 600. The van der Waals surface area contributed by atoms with E-state index in [0.29, 0.717) is 23.5 Å². The summed E-state index contributed by atoms with van der Waals surface area (Å²) in [5, 5.41) is 0. The van der Waals surface area contributed by atoms with Gasteiger partial charge in [0.05, 0.1) is 6.26 Å². The Kier molecular flexibility index (Phi) is 2.76. The first-order chi connectivity index (χ1) is 9.84. The molecule has 1 heterocycles. The highest BCUT2D eigenvalue weighted by atomic mass is 16.3. The van der Waals surface area contributed by atoms with Crippen molar-refractivity contribution in [3.05, 3.63) is 60.1 Å². The van der Waals surface area contributed by atoms with Crippen LogP contribution in [0, 0.1) is 17.8 Å². The largest absolute Gasteiger partial charge is 0.461 e. The van der Waals surface area contributed by atoms with Crippen molar-refractivity contribution in [2.45, 2.75) is 25.2 Å². The highest BCUT2D eigenvalue weighted by Gasteiger charge is 2.51. The molecule has 2 nitrogen and oxygen atoms in total. The molecule has 2 aliphatic carbocycles. The fourth-order valence-corrected chi connectivity index (χ4v) is 4.41. The minimum absolute atomic E-state index is 0.113. The quantitative estimate of drug-likeness (QED) is 0.776. The number of hydrogen-bond donors (Lipinski definition) is 0. The molecule has 0 radical (unpaired) electrons. The van der Waals surface area contributed by atoms with Crippen molar-refractivity contribution in [2.24, 2.45) is 17.8 Å². The van der Waals surface area contributed by atoms with Gasteiger partial charge in [-0.15, -0.1) is 0 Å². The van der Waals surface area contributed by atoms with E-state index < -0.39 is 0 Å². The summed E-state index contributed by atoms with van der Waals surface area (Å²) in [6.45, 7) is 0. The fraction of sp³-hybridized carbons (Fsp3) is 0.389. The number of carbonyl (C=O) groups is 1. The molecule has 102 valence electrons. The van der Waals surface area contributed by atoms with Crippen molar-refractivity contribution in [1.82, 2.24) is 0 Å². The maximum atomic E-state index is 12.8. The van der Waals surface area contributed by atoms with Crippen molar-refractivity contribution in [3.63, 3.8) is 0 Å². The lowest BCUT2D eigenvalue weighted by Gasteiger charge is -2.29. The van der Waals surface area contributed by atoms with Crippen LogP contribution in [0.1, 0.15) is 41.3 Å². The molecular formula is C18H18O2. The van der Waals surface area contributed by atoms with E-state index in [-0.39, 0.29) is 11.7 Å². The Morgan fingerprint density at radius 2 is 1.80 bits per heavy atom. The third-order valence-corrected chi connectivity index (χ3v) is 5.17. The van der Waals surface area contributed by atoms with Crippen molar-refractivity contribution in [2.75, 3.05) is 0 Å². The number of ketones is 1. The number of hydrogen-bond acceptors (Lipinski definition) is 2. The lowest BCUT2D eigenvalue weighted by molar-refractivity contribution is 0.0823. The van der Waals surface area contributed by atoms with Gasteiger partial charge in [-0.3, -0.25) is 4.79 Å². The number of furan rings is 1. The summed E-state index contributed by atoms with van der Waals surface area (Å²) in [6.07, 6.45) is 5.27. The zero-order chi connectivity index (χ0) is 13.5. The first-order valence-electron chi connectivity index (χ1n) is 7.47. The van der Waals surface area contributed by atoms with Gasteiger partial charge in [0.25, 0.3) is 0 Å². The second-order valence-electron chi connectivity index (χ2n) is 6.14. The molecule has 2 aromatic rings. The number of benzene rings is 1. The predicted octanol–water partition coefficient (Wildman–Crippen LogP) is 4.29. The van der Waals surface area contributed by atoms with Crippen LogP contribution in [-0.2, 0) is 0 Å². The van der Waals surface area contributed by atoms with Crippen LogP contribution in [0.25, 0.3) is 0 Å². The lowest BCUT2D eigenvalue weighted by Crippen LogP contribution is -2.28. The molecule has 0 unspecified atom stereocenters. The average Bonchev–Trinajstić information content (AvgIpc) is 3.22. The van der Waals surface area contributed by atoms with E-state index in [4.69, 9.17) is 4.42 Å². The molecule has 1 aromatic carbocycles. The van der Waals surface area contributed by atoms with Crippen molar-refractivity contribution in [1.29, 1.82) is 0 Å². The summed E-state index contributed by atoms with van der Waals surface area (Å²) < 4.78 is 5.35. The number of rotatable bonds is 3. The van der Waals surface area contributed by atoms with E-state index in [1.807, 2.05) is 6.07 Å². The van der Waals surface area contributed by atoms with E-state index in [1.165, 1.54) is 24.8 Å². The van der Waals surface area contributed by atoms with Gasteiger partial charge in [-0.25, -0.2) is 0 Å². The molecule has 0 saturated heterocycles. The first-order valence-corrected chi connectivity index (χ1v) is 7.47. The summed E-state index contributed by atoms with van der Waals surface area (Å²) in [5.41, 5.74) is 1.32. The Morgan fingerprint density at radius 3 is 2.55 bits per heavy atom. The highest BCUT2D eigenvalue weighted by molar-refractivity contribution is 5.96. The standard InChI is InChI=1S/C18H18O2/c19-18(15-7-4-10-20-15)17-14-9-8-13(11-14)16(17)12-5-2-1-3-6-12/h1-7,10,13-14,16-17H,8-9,11H2/t13-,14+,16+,17-/m1/s1. The maximum absolute atomic E-state index is 12.8. The Balaban J connectivity index is 1.71. The molecule has 20 heavy (non-hydrogen) atoms. The zero-order valence-corrected chi connectivity index (χ0v) is 11.4. The summed E-state index contributed by atoms with van der Waals surface area (Å²) in [7, 11) is 0. The molecule has 2 aliphatic rings. The van der Waals surface area contributed by atoms with Crippen molar-refractivity contribution in [3.8, 4) is 0 Å². The van der Waals surface area contributed by atoms with Crippen LogP contribution in [0.15, 0.2) is 53.1 Å². The van der Waals surface area contributed by atoms with E-state index >= 15 is 0 Å². The van der Waals surface area contributed by atoms with Gasteiger partial charge in [-0.1, -0.05) is 30.3 Å². The van der Waals surface area contributed by atoms with E-state index in [2.05, 4.69) is 24.3 Å². The number of carbonyl (C=O) groups excluding carboxylic acids is 1. The second kappa shape index (κ2) is 4.62. The van der Waals surface area contributed by atoms with Gasteiger partial charge in [-0.2, -0.15) is 0 Å². The number of Topliss-reactive ketones (excluding diaryl/α,β-unsaturated/α-hetero) is 1. The van der Waals surface area contributed by atoms with E-state index in [9.17, 15) is 4.79 Å². The molecule has 0 aliphatic heterocycles.